The van der Waals surface area contributed by atoms with E-state index >= 15 is 0 Å². The van der Waals surface area contributed by atoms with Gasteiger partial charge in [-0.1, -0.05) is 25.5 Å². The van der Waals surface area contributed by atoms with Gasteiger partial charge in [-0.3, -0.25) is 4.90 Å². The van der Waals surface area contributed by atoms with Crippen LogP contribution in [0.1, 0.15) is 25.3 Å². The minimum atomic E-state index is -0.160. The summed E-state index contributed by atoms with van der Waals surface area (Å²) < 4.78 is 13.2. The Kier molecular flexibility index (Phi) is 6.39. The third-order valence-corrected chi connectivity index (χ3v) is 4.16. The van der Waals surface area contributed by atoms with Crippen molar-refractivity contribution >= 4 is 17.3 Å². The maximum absolute atomic E-state index is 13.2. The first-order valence-corrected chi connectivity index (χ1v) is 8.09. The molecule has 0 radical (unpaired) electrons. The van der Waals surface area contributed by atoms with Crippen LogP contribution in [0, 0.1) is 5.82 Å². The molecule has 0 spiro atoms. The van der Waals surface area contributed by atoms with E-state index in [1.165, 1.54) is 12.5 Å². The summed E-state index contributed by atoms with van der Waals surface area (Å²) in [5, 5.41) is 4.18. The van der Waals surface area contributed by atoms with Gasteiger partial charge in [-0.2, -0.15) is 0 Å². The first kappa shape index (κ1) is 16.2. The molecule has 1 aliphatic heterocycles. The van der Waals surface area contributed by atoms with E-state index in [-0.39, 0.29) is 5.82 Å². The van der Waals surface area contributed by atoms with Crippen molar-refractivity contribution < 1.29 is 4.39 Å². The van der Waals surface area contributed by atoms with E-state index in [0.29, 0.717) is 0 Å². The molecule has 2 rings (SSSR count). The van der Waals surface area contributed by atoms with E-state index in [4.69, 9.17) is 12.2 Å². The number of nitrogens with zero attached hydrogens (tertiary/aromatic N) is 2. The SMILES string of the molecule is CCCCNC(=S)N1CCN(Cc2cccc(F)c2)CC1. The zero-order valence-corrected chi connectivity index (χ0v) is 13.5. The summed E-state index contributed by atoms with van der Waals surface area (Å²) >= 11 is 5.42. The lowest BCUT2D eigenvalue weighted by molar-refractivity contribution is 0.174. The quantitative estimate of drug-likeness (QED) is 0.665. The fourth-order valence-corrected chi connectivity index (χ4v) is 2.77. The van der Waals surface area contributed by atoms with Crippen molar-refractivity contribution in [1.29, 1.82) is 0 Å². The van der Waals surface area contributed by atoms with Crippen molar-refractivity contribution in [1.82, 2.24) is 15.1 Å². The Labute approximate surface area is 132 Å². The largest absolute Gasteiger partial charge is 0.363 e. The Bertz CT molecular complexity index is 459. The van der Waals surface area contributed by atoms with Crippen molar-refractivity contribution in [2.45, 2.75) is 26.3 Å². The molecule has 21 heavy (non-hydrogen) atoms. The number of nitrogens with one attached hydrogen (secondary N) is 1. The first-order chi connectivity index (χ1) is 10.2. The van der Waals surface area contributed by atoms with E-state index in [1.807, 2.05) is 6.07 Å². The summed E-state index contributed by atoms with van der Waals surface area (Å²) in [5.74, 6) is -0.160. The summed E-state index contributed by atoms with van der Waals surface area (Å²) in [4.78, 5) is 4.58. The number of piperazine rings is 1. The van der Waals surface area contributed by atoms with E-state index in [0.717, 1.165) is 56.4 Å². The molecule has 116 valence electrons. The van der Waals surface area contributed by atoms with Crippen molar-refractivity contribution in [2.24, 2.45) is 0 Å². The lowest BCUT2D eigenvalue weighted by atomic mass is 10.2. The fourth-order valence-electron chi connectivity index (χ4n) is 2.49. The maximum Gasteiger partial charge on any atom is 0.169 e. The monoisotopic (exact) mass is 309 g/mol. The Morgan fingerprint density at radius 1 is 1.29 bits per heavy atom. The van der Waals surface area contributed by atoms with Gasteiger partial charge in [-0.25, -0.2) is 4.39 Å². The summed E-state index contributed by atoms with van der Waals surface area (Å²) in [6.45, 7) is 7.75. The molecule has 1 saturated heterocycles. The van der Waals surface area contributed by atoms with Gasteiger partial charge in [0.15, 0.2) is 5.11 Å². The molecule has 0 saturated carbocycles. The van der Waals surface area contributed by atoms with Crippen LogP contribution in [0.3, 0.4) is 0 Å². The van der Waals surface area contributed by atoms with Crippen LogP contribution in [-0.2, 0) is 6.54 Å². The molecule has 1 aromatic carbocycles. The van der Waals surface area contributed by atoms with Gasteiger partial charge in [0.25, 0.3) is 0 Å². The van der Waals surface area contributed by atoms with Crippen LogP contribution in [0.25, 0.3) is 0 Å². The Morgan fingerprint density at radius 3 is 2.71 bits per heavy atom. The predicted octanol–water partition coefficient (Wildman–Crippen LogP) is 2.62. The van der Waals surface area contributed by atoms with Crippen LogP contribution in [-0.4, -0.2) is 47.6 Å². The van der Waals surface area contributed by atoms with Gasteiger partial charge in [-0.15, -0.1) is 0 Å². The highest BCUT2D eigenvalue weighted by Gasteiger charge is 2.18. The average Bonchev–Trinajstić information content (AvgIpc) is 2.48. The molecule has 1 fully saturated rings. The zero-order valence-electron chi connectivity index (χ0n) is 12.6. The zero-order chi connectivity index (χ0) is 15.1. The number of rotatable bonds is 5. The summed E-state index contributed by atoms with van der Waals surface area (Å²) in [6, 6.07) is 6.85. The molecule has 0 atom stereocenters. The lowest BCUT2D eigenvalue weighted by Gasteiger charge is -2.36. The minimum Gasteiger partial charge on any atom is -0.363 e. The highest BCUT2D eigenvalue weighted by Crippen LogP contribution is 2.10. The number of hydrogen-bond acceptors (Lipinski definition) is 2. The molecule has 1 aromatic rings. The molecule has 5 heteroatoms. The second-order valence-corrected chi connectivity index (χ2v) is 5.87. The van der Waals surface area contributed by atoms with Gasteiger partial charge >= 0.3 is 0 Å². The normalized spacial score (nSPS) is 16.0. The molecule has 1 heterocycles. The van der Waals surface area contributed by atoms with E-state index in [9.17, 15) is 4.39 Å². The molecule has 1 N–H and O–H groups in total. The van der Waals surface area contributed by atoms with E-state index < -0.39 is 0 Å². The van der Waals surface area contributed by atoms with Gasteiger partial charge in [0.1, 0.15) is 5.82 Å². The Hall–Kier alpha value is -1.20. The summed E-state index contributed by atoms with van der Waals surface area (Å²) in [7, 11) is 0. The fraction of sp³-hybridized carbons (Fsp3) is 0.562. The predicted molar refractivity (Wildman–Crippen MR) is 88.8 cm³/mol. The van der Waals surface area contributed by atoms with Gasteiger partial charge < -0.3 is 10.2 Å². The number of halogens is 1. The summed E-state index contributed by atoms with van der Waals surface area (Å²) in [6.07, 6.45) is 2.33. The average molecular weight is 309 g/mol. The molecule has 0 unspecified atom stereocenters. The number of benzene rings is 1. The third kappa shape index (κ3) is 5.25. The van der Waals surface area contributed by atoms with Crippen molar-refractivity contribution in [3.63, 3.8) is 0 Å². The highest BCUT2D eigenvalue weighted by atomic mass is 32.1. The molecular weight excluding hydrogens is 285 g/mol. The molecule has 3 nitrogen and oxygen atoms in total. The smallest absolute Gasteiger partial charge is 0.169 e. The lowest BCUT2D eigenvalue weighted by Crippen LogP contribution is -2.51. The first-order valence-electron chi connectivity index (χ1n) is 7.68. The second-order valence-electron chi connectivity index (χ2n) is 5.48. The van der Waals surface area contributed by atoms with Gasteiger partial charge in [0, 0.05) is 39.3 Å². The van der Waals surface area contributed by atoms with Crippen LogP contribution in [0.2, 0.25) is 0 Å². The van der Waals surface area contributed by atoms with Gasteiger partial charge in [0.2, 0.25) is 0 Å². The standard InChI is InChI=1S/C16H24FN3S/c1-2-3-7-18-16(21)20-10-8-19(9-11-20)13-14-5-4-6-15(17)12-14/h4-6,12H,2-3,7-11,13H2,1H3,(H,18,21). The molecule has 1 aliphatic rings. The molecule has 0 aromatic heterocycles. The van der Waals surface area contributed by atoms with Crippen LogP contribution >= 0.6 is 12.2 Å². The second kappa shape index (κ2) is 8.29. The summed E-state index contributed by atoms with van der Waals surface area (Å²) in [5.41, 5.74) is 1.03. The maximum atomic E-state index is 13.2. The van der Waals surface area contributed by atoms with Crippen LogP contribution in [0.4, 0.5) is 4.39 Å². The molecule has 0 aliphatic carbocycles. The number of thiocarbonyl (C=S) groups is 1. The number of hydrogen-bond donors (Lipinski definition) is 1. The van der Waals surface area contributed by atoms with Crippen LogP contribution in [0.15, 0.2) is 24.3 Å². The van der Waals surface area contributed by atoms with E-state index in [1.54, 1.807) is 12.1 Å². The molecule has 0 bridgehead atoms. The van der Waals surface area contributed by atoms with E-state index in [2.05, 4.69) is 22.0 Å². The Balaban J connectivity index is 1.74. The Morgan fingerprint density at radius 2 is 2.05 bits per heavy atom. The minimum absolute atomic E-state index is 0.160. The van der Waals surface area contributed by atoms with Crippen molar-refractivity contribution in [3.05, 3.63) is 35.6 Å². The van der Waals surface area contributed by atoms with Crippen molar-refractivity contribution in [2.75, 3.05) is 32.7 Å². The topological polar surface area (TPSA) is 18.5 Å². The van der Waals surface area contributed by atoms with Crippen molar-refractivity contribution in [3.8, 4) is 0 Å². The van der Waals surface area contributed by atoms with Crippen LogP contribution < -0.4 is 5.32 Å². The molecule has 0 amide bonds. The number of unbranched alkanes of at least 4 members (excludes halogenated alkanes) is 1. The van der Waals surface area contributed by atoms with Gasteiger partial charge in [0.05, 0.1) is 0 Å². The third-order valence-electron chi connectivity index (χ3n) is 3.76. The molecular formula is C16H24FN3S. The van der Waals surface area contributed by atoms with Crippen LogP contribution in [0.5, 0.6) is 0 Å². The highest BCUT2D eigenvalue weighted by molar-refractivity contribution is 7.80. The van der Waals surface area contributed by atoms with Gasteiger partial charge in [-0.05, 0) is 36.3 Å².